The van der Waals surface area contributed by atoms with E-state index in [4.69, 9.17) is 0 Å². The van der Waals surface area contributed by atoms with Crippen molar-refractivity contribution in [1.29, 1.82) is 0 Å². The molecule has 1 aliphatic rings. The number of rotatable bonds is 1. The van der Waals surface area contributed by atoms with Crippen molar-refractivity contribution < 1.29 is 13.2 Å². The van der Waals surface area contributed by atoms with Crippen LogP contribution in [0.15, 0.2) is 0 Å². The van der Waals surface area contributed by atoms with Crippen molar-refractivity contribution in [2.24, 2.45) is 0 Å². The molecule has 1 saturated heterocycles. The third-order valence-corrected chi connectivity index (χ3v) is 2.63. The van der Waals surface area contributed by atoms with Gasteiger partial charge in [-0.2, -0.15) is 13.1 Å². The number of nitrogens with one attached hydrogen (secondary N) is 2. The van der Waals surface area contributed by atoms with Gasteiger partial charge in [-0.3, -0.25) is 4.79 Å². The third kappa shape index (κ3) is 2.16. The summed E-state index contributed by atoms with van der Waals surface area (Å²) in [7, 11) is -3.54. The molecule has 0 aromatic carbocycles. The number of hydrogen-bond donors (Lipinski definition) is 2. The molecule has 6 heteroatoms. The van der Waals surface area contributed by atoms with Gasteiger partial charge >= 0.3 is 10.2 Å². The van der Waals surface area contributed by atoms with Crippen molar-refractivity contribution in [3.8, 4) is 0 Å². The largest absolute Gasteiger partial charge is 0.301 e. The Labute approximate surface area is 65.4 Å². The third-order valence-electron chi connectivity index (χ3n) is 1.49. The van der Waals surface area contributed by atoms with Gasteiger partial charge in [0.05, 0.1) is 0 Å². The van der Waals surface area contributed by atoms with E-state index in [1.165, 1.54) is 0 Å². The van der Waals surface area contributed by atoms with Crippen LogP contribution in [0.5, 0.6) is 0 Å². The van der Waals surface area contributed by atoms with E-state index in [-0.39, 0.29) is 12.5 Å². The van der Waals surface area contributed by atoms with Gasteiger partial charge < -0.3 is 0 Å². The van der Waals surface area contributed by atoms with Gasteiger partial charge in [0.2, 0.25) is 5.91 Å². The van der Waals surface area contributed by atoms with Crippen LogP contribution >= 0.6 is 0 Å². The highest BCUT2D eigenvalue weighted by atomic mass is 32.2. The molecule has 0 spiro atoms. The van der Waals surface area contributed by atoms with E-state index in [9.17, 15) is 13.2 Å². The van der Waals surface area contributed by atoms with Crippen LogP contribution < -0.4 is 9.44 Å². The van der Waals surface area contributed by atoms with Crippen LogP contribution in [0.25, 0.3) is 0 Å². The molecule has 0 radical (unpaired) electrons. The summed E-state index contributed by atoms with van der Waals surface area (Å²) in [5, 5.41) is 0. The Bertz CT molecular complexity index is 259. The first kappa shape index (κ1) is 8.48. The molecule has 0 bridgehead atoms. The highest BCUT2D eigenvalue weighted by Crippen LogP contribution is 2.04. The van der Waals surface area contributed by atoms with Gasteiger partial charge in [-0.1, -0.05) is 6.92 Å². The van der Waals surface area contributed by atoms with Crippen molar-refractivity contribution in [1.82, 2.24) is 9.44 Å². The standard InChI is InChI=1S/C5H10N2O3S/c1-2-4-3-5(8)7-11(9,10)6-4/h4,6H,2-3H2,1H3,(H,7,8). The van der Waals surface area contributed by atoms with Crippen LogP contribution in [0.3, 0.4) is 0 Å². The van der Waals surface area contributed by atoms with Crippen LogP contribution in [-0.2, 0) is 15.0 Å². The van der Waals surface area contributed by atoms with E-state index >= 15 is 0 Å². The molecule has 1 fully saturated rings. The Kier molecular flexibility index (Phi) is 2.15. The second-order valence-electron chi connectivity index (χ2n) is 2.46. The summed E-state index contributed by atoms with van der Waals surface area (Å²) in [5.74, 6) is -0.435. The minimum Gasteiger partial charge on any atom is -0.274 e. The Hall–Kier alpha value is -0.620. The maximum absolute atomic E-state index is 10.8. The molecule has 1 heterocycles. The second-order valence-corrected chi connectivity index (χ2v) is 3.90. The van der Waals surface area contributed by atoms with Crippen molar-refractivity contribution >= 4 is 16.1 Å². The summed E-state index contributed by atoms with van der Waals surface area (Å²) in [6.07, 6.45) is 0.863. The van der Waals surface area contributed by atoms with Gasteiger partial charge in [0.1, 0.15) is 0 Å². The maximum Gasteiger partial charge on any atom is 0.301 e. The van der Waals surface area contributed by atoms with Crippen LogP contribution in [-0.4, -0.2) is 20.4 Å². The monoisotopic (exact) mass is 178 g/mol. The van der Waals surface area contributed by atoms with Gasteiger partial charge in [-0.05, 0) is 6.42 Å². The van der Waals surface area contributed by atoms with Crippen molar-refractivity contribution in [2.75, 3.05) is 0 Å². The van der Waals surface area contributed by atoms with E-state index in [0.29, 0.717) is 6.42 Å². The Balaban J connectivity index is 2.74. The molecule has 1 unspecified atom stereocenters. The zero-order valence-electron chi connectivity index (χ0n) is 6.12. The summed E-state index contributed by atoms with van der Waals surface area (Å²) in [5.41, 5.74) is 0. The molecule has 64 valence electrons. The quantitative estimate of drug-likeness (QED) is 0.547. The van der Waals surface area contributed by atoms with Crippen molar-refractivity contribution in [2.45, 2.75) is 25.8 Å². The summed E-state index contributed by atoms with van der Waals surface area (Å²) in [4.78, 5) is 10.7. The molecule has 1 amide bonds. The lowest BCUT2D eigenvalue weighted by Gasteiger charge is -2.21. The average molecular weight is 178 g/mol. The molecule has 1 atom stereocenters. The molecule has 11 heavy (non-hydrogen) atoms. The minimum absolute atomic E-state index is 0.232. The molecular formula is C5H10N2O3S. The summed E-state index contributed by atoms with van der Waals surface area (Å²) in [6.45, 7) is 1.83. The van der Waals surface area contributed by atoms with Crippen LogP contribution in [0.4, 0.5) is 0 Å². The summed E-state index contributed by atoms with van der Waals surface area (Å²) < 4.78 is 25.7. The Morgan fingerprint density at radius 2 is 2.27 bits per heavy atom. The topological polar surface area (TPSA) is 75.3 Å². The number of amides is 1. The van der Waals surface area contributed by atoms with Gasteiger partial charge in [0, 0.05) is 12.5 Å². The highest BCUT2D eigenvalue weighted by Gasteiger charge is 2.26. The number of hydrogen-bond acceptors (Lipinski definition) is 3. The van der Waals surface area contributed by atoms with E-state index in [1.54, 1.807) is 0 Å². The lowest BCUT2D eigenvalue weighted by atomic mass is 10.2. The number of carbonyl (C=O) groups is 1. The van der Waals surface area contributed by atoms with Crippen LogP contribution in [0, 0.1) is 0 Å². The smallest absolute Gasteiger partial charge is 0.274 e. The molecular weight excluding hydrogens is 168 g/mol. The molecule has 0 aromatic heterocycles. The normalized spacial score (nSPS) is 29.5. The predicted octanol–water partition coefficient (Wildman–Crippen LogP) is -0.881. The molecule has 1 aliphatic heterocycles. The SMILES string of the molecule is CCC1CC(=O)NS(=O)(=O)N1. The number of carbonyl (C=O) groups excluding carboxylic acids is 1. The predicted molar refractivity (Wildman–Crippen MR) is 38.9 cm³/mol. The van der Waals surface area contributed by atoms with E-state index in [1.807, 2.05) is 11.6 Å². The molecule has 5 nitrogen and oxygen atoms in total. The summed E-state index contributed by atoms with van der Waals surface area (Å²) in [6, 6.07) is -0.242. The van der Waals surface area contributed by atoms with Crippen molar-refractivity contribution in [3.05, 3.63) is 0 Å². The minimum atomic E-state index is -3.54. The Morgan fingerprint density at radius 3 is 2.73 bits per heavy atom. The Morgan fingerprint density at radius 1 is 1.64 bits per heavy atom. The fraction of sp³-hybridized carbons (Fsp3) is 0.800. The molecule has 0 saturated carbocycles. The maximum atomic E-state index is 10.8. The zero-order valence-corrected chi connectivity index (χ0v) is 6.94. The molecule has 0 aliphatic carbocycles. The highest BCUT2D eigenvalue weighted by molar-refractivity contribution is 7.88. The zero-order chi connectivity index (χ0) is 8.48. The van der Waals surface area contributed by atoms with Gasteiger partial charge in [-0.25, -0.2) is 4.72 Å². The fourth-order valence-corrected chi connectivity index (χ4v) is 2.06. The molecule has 2 N–H and O–H groups in total. The first-order chi connectivity index (χ1) is 5.03. The van der Waals surface area contributed by atoms with E-state index in [2.05, 4.69) is 4.72 Å². The second kappa shape index (κ2) is 2.78. The summed E-state index contributed by atoms with van der Waals surface area (Å²) >= 11 is 0. The van der Waals surface area contributed by atoms with Gasteiger partial charge in [0.25, 0.3) is 0 Å². The average Bonchev–Trinajstić information content (AvgIpc) is 1.83. The van der Waals surface area contributed by atoms with Crippen molar-refractivity contribution in [3.63, 3.8) is 0 Å². The van der Waals surface area contributed by atoms with Gasteiger partial charge in [-0.15, -0.1) is 0 Å². The van der Waals surface area contributed by atoms with E-state index in [0.717, 1.165) is 0 Å². The van der Waals surface area contributed by atoms with E-state index < -0.39 is 16.1 Å². The fourth-order valence-electron chi connectivity index (χ4n) is 0.934. The lowest BCUT2D eigenvalue weighted by Crippen LogP contribution is -2.52. The molecule has 1 rings (SSSR count). The first-order valence-electron chi connectivity index (χ1n) is 3.36. The lowest BCUT2D eigenvalue weighted by molar-refractivity contribution is -0.120. The van der Waals surface area contributed by atoms with Gasteiger partial charge in [0.15, 0.2) is 0 Å². The molecule has 0 aromatic rings. The van der Waals surface area contributed by atoms with Crippen LogP contribution in [0.1, 0.15) is 19.8 Å². The first-order valence-corrected chi connectivity index (χ1v) is 4.84. The van der Waals surface area contributed by atoms with Crippen LogP contribution in [0.2, 0.25) is 0 Å².